The quantitative estimate of drug-likeness (QED) is 0.413. The molecule has 1 aromatic rings. The number of hydrogen-bond donors (Lipinski definition) is 3. The van der Waals surface area contributed by atoms with Crippen LogP contribution in [0.4, 0.5) is 5.69 Å². The Morgan fingerprint density at radius 3 is 2.67 bits per heavy atom. The molecule has 0 aliphatic heterocycles. The van der Waals surface area contributed by atoms with Gasteiger partial charge < -0.3 is 5.32 Å². The highest BCUT2D eigenvalue weighted by atomic mass is 32.1. The molecule has 0 aromatic heterocycles. The maximum Gasteiger partial charge on any atom is 0.185 e. The molecule has 0 bridgehead atoms. The van der Waals surface area contributed by atoms with Crippen LogP contribution in [0.25, 0.3) is 0 Å². The van der Waals surface area contributed by atoms with Crippen LogP contribution >= 0.6 is 12.2 Å². The second-order valence-corrected chi connectivity index (χ2v) is 3.52. The Labute approximate surface area is 95.5 Å². The summed E-state index contributed by atoms with van der Waals surface area (Å²) in [4.78, 5) is 0. The fraction of sp³-hybridized carbons (Fsp3) is 0.182. The highest BCUT2D eigenvalue weighted by Crippen LogP contribution is 2.06. The zero-order valence-electron chi connectivity index (χ0n) is 8.71. The van der Waals surface area contributed by atoms with Gasteiger partial charge in [-0.05, 0) is 31.3 Å². The van der Waals surface area contributed by atoms with Crippen molar-refractivity contribution in [1.82, 2.24) is 10.7 Å². The van der Waals surface area contributed by atoms with E-state index in [2.05, 4.69) is 22.7 Å². The summed E-state index contributed by atoms with van der Waals surface area (Å²) in [7, 11) is 0. The first kappa shape index (κ1) is 11.5. The summed E-state index contributed by atoms with van der Waals surface area (Å²) in [5.74, 6) is 0. The van der Waals surface area contributed by atoms with Crippen LogP contribution in [0, 0.1) is 6.92 Å². The van der Waals surface area contributed by atoms with E-state index in [1.54, 1.807) is 6.08 Å². The van der Waals surface area contributed by atoms with E-state index in [9.17, 15) is 0 Å². The van der Waals surface area contributed by atoms with Crippen molar-refractivity contribution in [3.05, 3.63) is 42.5 Å². The van der Waals surface area contributed by atoms with Crippen molar-refractivity contribution in [1.29, 1.82) is 0 Å². The van der Waals surface area contributed by atoms with E-state index in [1.807, 2.05) is 31.2 Å². The fourth-order valence-electron chi connectivity index (χ4n) is 0.975. The normalized spacial score (nSPS) is 9.13. The lowest BCUT2D eigenvalue weighted by Crippen LogP contribution is -2.38. The summed E-state index contributed by atoms with van der Waals surface area (Å²) in [6.07, 6.45) is 1.75. The number of anilines is 1. The Morgan fingerprint density at radius 1 is 1.40 bits per heavy atom. The number of benzene rings is 1. The van der Waals surface area contributed by atoms with E-state index in [0.717, 1.165) is 5.69 Å². The van der Waals surface area contributed by atoms with Gasteiger partial charge in [0.15, 0.2) is 5.11 Å². The Morgan fingerprint density at radius 2 is 2.07 bits per heavy atom. The van der Waals surface area contributed by atoms with E-state index in [-0.39, 0.29) is 0 Å². The Kier molecular flexibility index (Phi) is 4.63. The second-order valence-electron chi connectivity index (χ2n) is 3.11. The third kappa shape index (κ3) is 4.46. The molecule has 3 nitrogen and oxygen atoms in total. The molecule has 4 heteroatoms. The van der Waals surface area contributed by atoms with Crippen molar-refractivity contribution in [2.75, 3.05) is 12.0 Å². The van der Waals surface area contributed by atoms with Gasteiger partial charge in [-0.1, -0.05) is 23.8 Å². The minimum Gasteiger partial charge on any atom is -0.358 e. The molecule has 0 amide bonds. The largest absolute Gasteiger partial charge is 0.358 e. The molecule has 1 rings (SSSR count). The zero-order valence-corrected chi connectivity index (χ0v) is 9.53. The van der Waals surface area contributed by atoms with Crippen LogP contribution in [0.3, 0.4) is 0 Å². The Balaban J connectivity index is 2.33. The van der Waals surface area contributed by atoms with Crippen LogP contribution in [-0.4, -0.2) is 11.7 Å². The highest BCUT2D eigenvalue weighted by Gasteiger charge is 1.92. The van der Waals surface area contributed by atoms with Gasteiger partial charge >= 0.3 is 0 Å². The van der Waals surface area contributed by atoms with Crippen molar-refractivity contribution in [3.63, 3.8) is 0 Å². The van der Waals surface area contributed by atoms with Crippen molar-refractivity contribution >= 4 is 23.0 Å². The van der Waals surface area contributed by atoms with Gasteiger partial charge in [-0.3, -0.25) is 10.9 Å². The first-order chi connectivity index (χ1) is 7.22. The molecule has 0 fully saturated rings. The van der Waals surface area contributed by atoms with Crippen molar-refractivity contribution < 1.29 is 0 Å². The molecule has 0 radical (unpaired) electrons. The molecule has 3 N–H and O–H groups in total. The lowest BCUT2D eigenvalue weighted by Gasteiger charge is -2.11. The monoisotopic (exact) mass is 221 g/mol. The van der Waals surface area contributed by atoms with Gasteiger partial charge in [-0.15, -0.1) is 6.58 Å². The van der Waals surface area contributed by atoms with Crippen molar-refractivity contribution in [3.8, 4) is 0 Å². The van der Waals surface area contributed by atoms with E-state index >= 15 is 0 Å². The fourth-order valence-corrected chi connectivity index (χ4v) is 1.11. The first-order valence-corrected chi connectivity index (χ1v) is 5.10. The number of rotatable bonds is 4. The number of hydrazine groups is 1. The smallest absolute Gasteiger partial charge is 0.185 e. The summed E-state index contributed by atoms with van der Waals surface area (Å²) in [5.41, 5.74) is 8.07. The average molecular weight is 221 g/mol. The van der Waals surface area contributed by atoms with E-state index < -0.39 is 0 Å². The molecule has 0 unspecified atom stereocenters. The molecule has 0 atom stereocenters. The SMILES string of the molecule is C=CCNC(=S)NNc1ccc(C)cc1. The van der Waals surface area contributed by atoms with Crippen LogP contribution in [0.15, 0.2) is 36.9 Å². The first-order valence-electron chi connectivity index (χ1n) is 4.70. The van der Waals surface area contributed by atoms with Crippen molar-refractivity contribution in [2.24, 2.45) is 0 Å². The van der Waals surface area contributed by atoms with Crippen LogP contribution in [-0.2, 0) is 0 Å². The zero-order chi connectivity index (χ0) is 11.1. The van der Waals surface area contributed by atoms with Gasteiger partial charge in [-0.25, -0.2) is 0 Å². The van der Waals surface area contributed by atoms with Gasteiger partial charge in [0.25, 0.3) is 0 Å². The molecular formula is C11H15N3S. The minimum absolute atomic E-state index is 0.551. The number of aryl methyl sites for hydroxylation is 1. The molecular weight excluding hydrogens is 206 g/mol. The summed E-state index contributed by atoms with van der Waals surface area (Å²) in [6, 6.07) is 8.03. The van der Waals surface area contributed by atoms with Gasteiger partial charge in [0.05, 0.1) is 5.69 Å². The third-order valence-corrected chi connectivity index (χ3v) is 2.03. The van der Waals surface area contributed by atoms with Crippen LogP contribution in [0.2, 0.25) is 0 Å². The molecule has 0 saturated heterocycles. The molecule has 0 aliphatic rings. The number of nitrogens with one attached hydrogen (secondary N) is 3. The van der Waals surface area contributed by atoms with Gasteiger partial charge in [0, 0.05) is 6.54 Å². The maximum atomic E-state index is 5.01. The highest BCUT2D eigenvalue weighted by molar-refractivity contribution is 7.80. The Bertz CT molecular complexity index is 332. The average Bonchev–Trinajstić information content (AvgIpc) is 2.25. The maximum absolute atomic E-state index is 5.01. The van der Waals surface area contributed by atoms with Crippen LogP contribution in [0.5, 0.6) is 0 Å². The predicted octanol–water partition coefficient (Wildman–Crippen LogP) is 1.97. The number of thiocarbonyl (C=S) groups is 1. The van der Waals surface area contributed by atoms with Crippen LogP contribution < -0.4 is 16.2 Å². The van der Waals surface area contributed by atoms with Crippen molar-refractivity contribution in [2.45, 2.75) is 6.92 Å². The van der Waals surface area contributed by atoms with Gasteiger partial charge in [0.1, 0.15) is 0 Å². The summed E-state index contributed by atoms with van der Waals surface area (Å²) in [6.45, 7) is 6.29. The molecule has 0 spiro atoms. The summed E-state index contributed by atoms with van der Waals surface area (Å²) < 4.78 is 0. The lowest BCUT2D eigenvalue weighted by atomic mass is 10.2. The molecule has 15 heavy (non-hydrogen) atoms. The molecule has 80 valence electrons. The molecule has 0 heterocycles. The van der Waals surface area contributed by atoms with Crippen LogP contribution in [0.1, 0.15) is 5.56 Å². The predicted molar refractivity (Wildman–Crippen MR) is 68.7 cm³/mol. The van der Waals surface area contributed by atoms with E-state index in [0.29, 0.717) is 11.7 Å². The second kappa shape index (κ2) is 6.03. The summed E-state index contributed by atoms with van der Waals surface area (Å²) >= 11 is 5.01. The third-order valence-electron chi connectivity index (χ3n) is 1.78. The van der Waals surface area contributed by atoms with Gasteiger partial charge in [0.2, 0.25) is 0 Å². The summed E-state index contributed by atoms with van der Waals surface area (Å²) in [5, 5.41) is 3.51. The minimum atomic E-state index is 0.551. The van der Waals surface area contributed by atoms with Gasteiger partial charge in [-0.2, -0.15) is 0 Å². The number of hydrogen-bond acceptors (Lipinski definition) is 2. The molecule has 0 saturated carbocycles. The molecule has 1 aromatic carbocycles. The standard InChI is InChI=1S/C11H15N3S/c1-3-8-12-11(15)14-13-10-6-4-9(2)5-7-10/h3-7,13H,1,8H2,2H3,(H2,12,14,15). The van der Waals surface area contributed by atoms with E-state index in [1.165, 1.54) is 5.56 Å². The lowest BCUT2D eigenvalue weighted by molar-refractivity contribution is 0.979. The molecule has 0 aliphatic carbocycles. The topological polar surface area (TPSA) is 36.1 Å². The Hall–Kier alpha value is -1.55. The van der Waals surface area contributed by atoms with E-state index in [4.69, 9.17) is 12.2 Å².